The summed E-state index contributed by atoms with van der Waals surface area (Å²) >= 11 is 3.39. The molecule has 0 amide bonds. The molecule has 2 aromatic rings. The van der Waals surface area contributed by atoms with Crippen LogP contribution in [0.5, 0.6) is 0 Å². The molecule has 96 valence electrons. The van der Waals surface area contributed by atoms with E-state index in [1.807, 2.05) is 54.6 Å². The highest BCUT2D eigenvalue weighted by atomic mass is 79.9. The van der Waals surface area contributed by atoms with Gasteiger partial charge >= 0.3 is 0 Å². The lowest BCUT2D eigenvalue weighted by molar-refractivity contribution is -0.425. The fourth-order valence-electron chi connectivity index (χ4n) is 1.74. The Morgan fingerprint density at radius 2 is 1.74 bits per heavy atom. The van der Waals surface area contributed by atoms with Crippen molar-refractivity contribution >= 4 is 22.0 Å². The summed E-state index contributed by atoms with van der Waals surface area (Å²) in [5.74, 6) is 0. The molecule has 0 aliphatic rings. The second kappa shape index (κ2) is 6.29. The largest absolute Gasteiger partial charge is 0.259 e. The second-order valence-corrected chi connectivity index (χ2v) is 4.93. The lowest BCUT2D eigenvalue weighted by atomic mass is 10.1. The van der Waals surface area contributed by atoms with Crippen molar-refractivity contribution in [3.05, 3.63) is 86.0 Å². The summed E-state index contributed by atoms with van der Waals surface area (Å²) in [6.45, 7) is 0. The van der Waals surface area contributed by atoms with Crippen molar-refractivity contribution in [2.24, 2.45) is 0 Å². The number of hydrogen-bond donors (Lipinski definition) is 0. The molecule has 0 aromatic heterocycles. The van der Waals surface area contributed by atoms with Crippen molar-refractivity contribution in [2.45, 2.75) is 6.42 Å². The third-order valence-electron chi connectivity index (χ3n) is 2.69. The molecular formula is C15H12BrNO2. The average Bonchev–Trinajstić information content (AvgIpc) is 2.41. The molecule has 0 spiro atoms. The minimum Gasteiger partial charge on any atom is -0.259 e. The quantitative estimate of drug-likeness (QED) is 0.623. The molecule has 2 rings (SSSR count). The number of allylic oxidation sites excluding steroid dienone is 1. The maximum Gasteiger partial charge on any atom is 0.251 e. The molecule has 0 saturated heterocycles. The maximum atomic E-state index is 11.1. The van der Waals surface area contributed by atoms with Gasteiger partial charge in [-0.1, -0.05) is 64.5 Å². The lowest BCUT2D eigenvalue weighted by Gasteiger charge is -2.01. The van der Waals surface area contributed by atoms with E-state index in [0.29, 0.717) is 6.42 Å². The summed E-state index contributed by atoms with van der Waals surface area (Å²) in [5, 5.41) is 11.1. The first-order valence-corrected chi connectivity index (χ1v) is 6.59. The van der Waals surface area contributed by atoms with Crippen LogP contribution in [0.1, 0.15) is 11.1 Å². The summed E-state index contributed by atoms with van der Waals surface area (Å²) < 4.78 is 0.849. The van der Waals surface area contributed by atoms with Crippen LogP contribution < -0.4 is 0 Å². The summed E-state index contributed by atoms with van der Waals surface area (Å²) in [7, 11) is 0. The van der Waals surface area contributed by atoms with E-state index < -0.39 is 0 Å². The van der Waals surface area contributed by atoms with Crippen LogP contribution in [0.3, 0.4) is 0 Å². The molecule has 0 radical (unpaired) electrons. The van der Waals surface area contributed by atoms with Crippen LogP contribution in [0.25, 0.3) is 6.08 Å². The van der Waals surface area contributed by atoms with E-state index in [9.17, 15) is 10.1 Å². The minimum absolute atomic E-state index is 0.179. The molecule has 0 fully saturated rings. The molecule has 19 heavy (non-hydrogen) atoms. The SMILES string of the molecule is O=[N+]([O-])C(=Cc1ccccc1Br)Cc1ccccc1. The zero-order chi connectivity index (χ0) is 13.7. The number of nitrogens with zero attached hydrogens (tertiary/aromatic N) is 1. The molecule has 0 aliphatic heterocycles. The van der Waals surface area contributed by atoms with Gasteiger partial charge < -0.3 is 0 Å². The Bertz CT molecular complexity index is 609. The van der Waals surface area contributed by atoms with Gasteiger partial charge in [0.15, 0.2) is 0 Å². The average molecular weight is 318 g/mol. The molecule has 0 atom stereocenters. The van der Waals surface area contributed by atoms with Crippen molar-refractivity contribution in [1.29, 1.82) is 0 Å². The van der Waals surface area contributed by atoms with E-state index >= 15 is 0 Å². The zero-order valence-electron chi connectivity index (χ0n) is 10.1. The Hall–Kier alpha value is -1.94. The van der Waals surface area contributed by atoms with E-state index in [1.165, 1.54) is 0 Å². The molecule has 0 saturated carbocycles. The highest BCUT2D eigenvalue weighted by molar-refractivity contribution is 9.10. The number of hydrogen-bond acceptors (Lipinski definition) is 2. The second-order valence-electron chi connectivity index (χ2n) is 4.08. The van der Waals surface area contributed by atoms with Crippen molar-refractivity contribution in [3.63, 3.8) is 0 Å². The van der Waals surface area contributed by atoms with Gasteiger partial charge in [-0.3, -0.25) is 10.1 Å². The van der Waals surface area contributed by atoms with Gasteiger partial charge in [-0.2, -0.15) is 0 Å². The Balaban J connectivity index is 2.31. The number of halogens is 1. The maximum absolute atomic E-state index is 11.1. The molecule has 0 aliphatic carbocycles. The van der Waals surface area contributed by atoms with E-state index in [4.69, 9.17) is 0 Å². The van der Waals surface area contributed by atoms with Gasteiger partial charge in [-0.05, 0) is 17.2 Å². The Morgan fingerprint density at radius 1 is 1.11 bits per heavy atom. The molecule has 4 heteroatoms. The van der Waals surface area contributed by atoms with Crippen molar-refractivity contribution < 1.29 is 4.92 Å². The number of benzene rings is 2. The smallest absolute Gasteiger partial charge is 0.251 e. The predicted molar refractivity (Wildman–Crippen MR) is 79.3 cm³/mol. The van der Waals surface area contributed by atoms with Gasteiger partial charge in [0, 0.05) is 10.5 Å². The van der Waals surface area contributed by atoms with Gasteiger partial charge in [0.05, 0.1) is 11.3 Å². The third kappa shape index (κ3) is 3.76. The fraction of sp³-hybridized carbons (Fsp3) is 0.0667. The van der Waals surface area contributed by atoms with Gasteiger partial charge in [0.25, 0.3) is 5.70 Å². The molecule has 2 aromatic carbocycles. The summed E-state index contributed by atoms with van der Waals surface area (Å²) in [6.07, 6.45) is 1.92. The summed E-state index contributed by atoms with van der Waals surface area (Å²) in [5.41, 5.74) is 1.92. The van der Waals surface area contributed by atoms with E-state index in [2.05, 4.69) is 15.9 Å². The first-order chi connectivity index (χ1) is 9.16. The Kier molecular flexibility index (Phi) is 4.47. The normalized spacial score (nSPS) is 11.3. The summed E-state index contributed by atoms with van der Waals surface area (Å²) in [4.78, 5) is 10.8. The zero-order valence-corrected chi connectivity index (χ0v) is 11.7. The summed E-state index contributed by atoms with van der Waals surface area (Å²) in [6, 6.07) is 16.9. The molecule has 0 bridgehead atoms. The van der Waals surface area contributed by atoms with E-state index in [-0.39, 0.29) is 10.6 Å². The molecule has 3 nitrogen and oxygen atoms in total. The third-order valence-corrected chi connectivity index (χ3v) is 3.41. The lowest BCUT2D eigenvalue weighted by Crippen LogP contribution is -2.02. The predicted octanol–water partition coefficient (Wildman–Crippen LogP) is 4.31. The number of nitro groups is 1. The van der Waals surface area contributed by atoms with Crippen LogP contribution in [-0.2, 0) is 6.42 Å². The highest BCUT2D eigenvalue weighted by Crippen LogP contribution is 2.20. The fourth-order valence-corrected chi connectivity index (χ4v) is 2.14. The van der Waals surface area contributed by atoms with Crippen LogP contribution in [-0.4, -0.2) is 4.92 Å². The van der Waals surface area contributed by atoms with E-state index in [0.717, 1.165) is 15.6 Å². The monoisotopic (exact) mass is 317 g/mol. The van der Waals surface area contributed by atoms with Crippen molar-refractivity contribution in [1.82, 2.24) is 0 Å². The van der Waals surface area contributed by atoms with Crippen LogP contribution in [0.2, 0.25) is 0 Å². The Labute approximate surface area is 119 Å². The number of rotatable bonds is 4. The standard InChI is InChI=1S/C15H12BrNO2/c16-15-9-5-4-8-13(15)11-14(17(18)19)10-12-6-2-1-3-7-12/h1-9,11H,10H2. The topological polar surface area (TPSA) is 43.1 Å². The van der Waals surface area contributed by atoms with Crippen LogP contribution >= 0.6 is 15.9 Å². The van der Waals surface area contributed by atoms with Crippen molar-refractivity contribution in [3.8, 4) is 0 Å². The van der Waals surface area contributed by atoms with Gasteiger partial charge in [0.2, 0.25) is 0 Å². The van der Waals surface area contributed by atoms with Crippen LogP contribution in [0.15, 0.2) is 64.8 Å². The van der Waals surface area contributed by atoms with Gasteiger partial charge in [-0.25, -0.2) is 0 Å². The first-order valence-electron chi connectivity index (χ1n) is 5.80. The Morgan fingerprint density at radius 3 is 2.37 bits per heavy atom. The molecular weight excluding hydrogens is 306 g/mol. The molecule has 0 heterocycles. The van der Waals surface area contributed by atoms with E-state index in [1.54, 1.807) is 6.08 Å². The minimum atomic E-state index is -0.327. The van der Waals surface area contributed by atoms with Gasteiger partial charge in [0.1, 0.15) is 0 Å². The van der Waals surface area contributed by atoms with Crippen molar-refractivity contribution in [2.75, 3.05) is 0 Å². The molecule has 0 N–H and O–H groups in total. The first kappa shape index (κ1) is 13.5. The highest BCUT2D eigenvalue weighted by Gasteiger charge is 2.12. The van der Waals surface area contributed by atoms with Crippen LogP contribution in [0, 0.1) is 10.1 Å². The van der Waals surface area contributed by atoms with Gasteiger partial charge in [-0.15, -0.1) is 0 Å². The molecule has 0 unspecified atom stereocenters. The van der Waals surface area contributed by atoms with Crippen LogP contribution in [0.4, 0.5) is 0 Å².